The maximum absolute atomic E-state index is 9.76. The maximum atomic E-state index is 9.76. The van der Waals surface area contributed by atoms with E-state index in [1.807, 2.05) is 0 Å². The zero-order valence-electron chi connectivity index (χ0n) is 9.23. The number of aliphatic hydroxyl groups excluding tert-OH is 1. The van der Waals surface area contributed by atoms with E-state index in [1.54, 1.807) is 39.3 Å². The van der Waals surface area contributed by atoms with Crippen LogP contribution in [0.5, 0.6) is 11.5 Å². The fourth-order valence-electron chi connectivity index (χ4n) is 1.34. The second-order valence-electron chi connectivity index (χ2n) is 3.42. The summed E-state index contributed by atoms with van der Waals surface area (Å²) in [6.45, 7) is 1.75. The zero-order chi connectivity index (χ0) is 11.4. The Morgan fingerprint density at radius 3 is 2.27 bits per heavy atom. The predicted molar refractivity (Wildman–Crippen MR) is 58.2 cm³/mol. The average Bonchev–Trinajstić information content (AvgIpc) is 2.26. The highest BCUT2D eigenvalue weighted by atomic mass is 16.5. The van der Waals surface area contributed by atoms with Gasteiger partial charge in [-0.1, -0.05) is 6.07 Å². The van der Waals surface area contributed by atoms with E-state index in [9.17, 15) is 5.11 Å². The number of hydrogen-bond donors (Lipinski definition) is 2. The smallest absolute Gasteiger partial charge is 0.161 e. The van der Waals surface area contributed by atoms with Crippen LogP contribution < -0.4 is 15.2 Å². The van der Waals surface area contributed by atoms with Crippen LogP contribution in [0.2, 0.25) is 0 Å². The SMILES string of the molecule is COc1ccc([C@@H](O)[C@H](C)N)cc1OC. The number of methoxy groups -OCH3 is 2. The van der Waals surface area contributed by atoms with E-state index in [0.29, 0.717) is 11.5 Å². The minimum absolute atomic E-state index is 0.317. The highest BCUT2D eigenvalue weighted by Crippen LogP contribution is 2.30. The van der Waals surface area contributed by atoms with Crippen LogP contribution in [-0.4, -0.2) is 25.4 Å². The molecular weight excluding hydrogens is 194 g/mol. The molecule has 0 aliphatic heterocycles. The van der Waals surface area contributed by atoms with Crippen LogP contribution in [0.3, 0.4) is 0 Å². The Hall–Kier alpha value is -1.26. The first-order valence-electron chi connectivity index (χ1n) is 4.75. The average molecular weight is 211 g/mol. The third-order valence-electron chi connectivity index (χ3n) is 2.25. The standard InChI is InChI=1S/C11H17NO3/c1-7(12)11(13)8-4-5-9(14-2)10(6-8)15-3/h4-7,11,13H,12H2,1-3H3/t7-,11-/m0/s1. The first kappa shape index (κ1) is 11.8. The minimum atomic E-state index is -0.690. The molecule has 1 aromatic rings. The van der Waals surface area contributed by atoms with Gasteiger partial charge in [0.2, 0.25) is 0 Å². The second-order valence-corrected chi connectivity index (χ2v) is 3.42. The summed E-state index contributed by atoms with van der Waals surface area (Å²) in [4.78, 5) is 0. The van der Waals surface area contributed by atoms with Gasteiger partial charge < -0.3 is 20.3 Å². The van der Waals surface area contributed by atoms with Crippen LogP contribution in [0.1, 0.15) is 18.6 Å². The molecule has 3 N–H and O–H groups in total. The van der Waals surface area contributed by atoms with Gasteiger partial charge >= 0.3 is 0 Å². The van der Waals surface area contributed by atoms with Crippen molar-refractivity contribution in [2.24, 2.45) is 5.73 Å². The molecule has 2 atom stereocenters. The molecule has 4 nitrogen and oxygen atoms in total. The Labute approximate surface area is 89.6 Å². The molecular formula is C11H17NO3. The number of ether oxygens (including phenoxy) is 2. The van der Waals surface area contributed by atoms with Crippen molar-refractivity contribution < 1.29 is 14.6 Å². The van der Waals surface area contributed by atoms with Crippen molar-refractivity contribution in [2.75, 3.05) is 14.2 Å². The lowest BCUT2D eigenvalue weighted by Crippen LogP contribution is -2.24. The molecule has 0 radical (unpaired) electrons. The van der Waals surface area contributed by atoms with Crippen molar-refractivity contribution in [1.29, 1.82) is 0 Å². The third kappa shape index (κ3) is 2.61. The van der Waals surface area contributed by atoms with Crippen molar-refractivity contribution >= 4 is 0 Å². The molecule has 0 fully saturated rings. The van der Waals surface area contributed by atoms with Crippen LogP contribution in [0, 0.1) is 0 Å². The molecule has 0 aromatic heterocycles. The summed E-state index contributed by atoms with van der Waals surface area (Å²) in [7, 11) is 3.12. The van der Waals surface area contributed by atoms with Gasteiger partial charge in [-0.2, -0.15) is 0 Å². The lowest BCUT2D eigenvalue weighted by Gasteiger charge is -2.16. The van der Waals surface area contributed by atoms with E-state index in [1.165, 1.54) is 0 Å². The van der Waals surface area contributed by atoms with Crippen LogP contribution in [0.25, 0.3) is 0 Å². The maximum Gasteiger partial charge on any atom is 0.161 e. The van der Waals surface area contributed by atoms with Crippen LogP contribution in [-0.2, 0) is 0 Å². The third-order valence-corrected chi connectivity index (χ3v) is 2.25. The monoisotopic (exact) mass is 211 g/mol. The largest absolute Gasteiger partial charge is 0.493 e. The number of aliphatic hydroxyl groups is 1. The van der Waals surface area contributed by atoms with E-state index in [4.69, 9.17) is 15.2 Å². The van der Waals surface area contributed by atoms with Gasteiger partial charge in [0.05, 0.1) is 20.3 Å². The molecule has 84 valence electrons. The highest BCUT2D eigenvalue weighted by molar-refractivity contribution is 5.43. The molecule has 0 bridgehead atoms. The lowest BCUT2D eigenvalue weighted by molar-refractivity contribution is 0.153. The first-order chi connectivity index (χ1) is 7.10. The quantitative estimate of drug-likeness (QED) is 0.782. The molecule has 4 heteroatoms. The minimum Gasteiger partial charge on any atom is -0.493 e. The van der Waals surface area contributed by atoms with Crippen molar-refractivity contribution in [3.63, 3.8) is 0 Å². The molecule has 1 rings (SSSR count). The van der Waals surface area contributed by atoms with E-state index in [2.05, 4.69) is 0 Å². The Morgan fingerprint density at radius 2 is 1.80 bits per heavy atom. The van der Waals surface area contributed by atoms with Crippen molar-refractivity contribution in [1.82, 2.24) is 0 Å². The summed E-state index contributed by atoms with van der Waals surface area (Å²) >= 11 is 0. The number of hydrogen-bond acceptors (Lipinski definition) is 4. The lowest BCUT2D eigenvalue weighted by atomic mass is 10.0. The number of rotatable bonds is 4. The van der Waals surface area contributed by atoms with E-state index in [0.717, 1.165) is 5.56 Å². The molecule has 0 heterocycles. The second kappa shape index (κ2) is 5.00. The van der Waals surface area contributed by atoms with Gasteiger partial charge in [-0.05, 0) is 24.6 Å². The molecule has 1 aromatic carbocycles. The Bertz CT molecular complexity index is 326. The van der Waals surface area contributed by atoms with E-state index in [-0.39, 0.29) is 6.04 Å². The van der Waals surface area contributed by atoms with E-state index >= 15 is 0 Å². The van der Waals surface area contributed by atoms with Gasteiger partial charge in [0.15, 0.2) is 11.5 Å². The van der Waals surface area contributed by atoms with Crippen molar-refractivity contribution in [2.45, 2.75) is 19.1 Å². The molecule has 0 aliphatic rings. The fraction of sp³-hybridized carbons (Fsp3) is 0.455. The summed E-state index contributed by atoms with van der Waals surface area (Å²) in [5.41, 5.74) is 6.33. The van der Waals surface area contributed by atoms with Gasteiger partial charge in [0, 0.05) is 6.04 Å². The molecule has 15 heavy (non-hydrogen) atoms. The molecule has 0 spiro atoms. The molecule has 0 unspecified atom stereocenters. The summed E-state index contributed by atoms with van der Waals surface area (Å²) in [6, 6.07) is 4.94. The number of benzene rings is 1. The zero-order valence-corrected chi connectivity index (χ0v) is 9.23. The molecule has 0 aliphatic carbocycles. The van der Waals surface area contributed by atoms with Crippen molar-refractivity contribution in [3.8, 4) is 11.5 Å². The van der Waals surface area contributed by atoms with Crippen LogP contribution >= 0.6 is 0 Å². The van der Waals surface area contributed by atoms with Gasteiger partial charge in [0.25, 0.3) is 0 Å². The van der Waals surface area contributed by atoms with Gasteiger partial charge in [-0.25, -0.2) is 0 Å². The normalized spacial score (nSPS) is 14.5. The van der Waals surface area contributed by atoms with Crippen LogP contribution in [0.15, 0.2) is 18.2 Å². The predicted octanol–water partition coefficient (Wildman–Crippen LogP) is 1.08. The fourth-order valence-corrected chi connectivity index (χ4v) is 1.34. The molecule has 0 amide bonds. The van der Waals surface area contributed by atoms with Crippen molar-refractivity contribution in [3.05, 3.63) is 23.8 Å². The summed E-state index contributed by atoms with van der Waals surface area (Å²) < 4.78 is 10.2. The summed E-state index contributed by atoms with van der Waals surface area (Å²) in [5, 5.41) is 9.76. The topological polar surface area (TPSA) is 64.7 Å². The van der Waals surface area contributed by atoms with E-state index < -0.39 is 6.10 Å². The molecule has 0 saturated heterocycles. The van der Waals surface area contributed by atoms with Crippen LogP contribution in [0.4, 0.5) is 0 Å². The summed E-state index contributed by atoms with van der Waals surface area (Å²) in [5.74, 6) is 1.23. The Morgan fingerprint density at radius 1 is 1.20 bits per heavy atom. The van der Waals surface area contributed by atoms with Gasteiger partial charge in [-0.3, -0.25) is 0 Å². The van der Waals surface area contributed by atoms with Gasteiger partial charge in [-0.15, -0.1) is 0 Å². The molecule has 0 saturated carbocycles. The highest BCUT2D eigenvalue weighted by Gasteiger charge is 2.14. The summed E-state index contributed by atoms with van der Waals surface area (Å²) in [6.07, 6.45) is -0.690. The number of nitrogens with two attached hydrogens (primary N) is 1. The first-order valence-corrected chi connectivity index (χ1v) is 4.75. The Balaban J connectivity index is 3.02. The van der Waals surface area contributed by atoms with Gasteiger partial charge in [0.1, 0.15) is 0 Å². The Kier molecular flexibility index (Phi) is 3.94.